The first kappa shape index (κ1) is 16.5. The lowest BCUT2D eigenvalue weighted by molar-refractivity contribution is 0.193. The molecule has 0 aliphatic rings. The van der Waals surface area contributed by atoms with Crippen molar-refractivity contribution >= 4 is 15.9 Å². The first-order valence-electron chi connectivity index (χ1n) is 6.34. The molecular formula is C13H20N2O4S. The van der Waals surface area contributed by atoms with Crippen LogP contribution in [0.4, 0.5) is 4.79 Å². The number of urea groups is 1. The number of carbonyl (C=O) groups is 1. The van der Waals surface area contributed by atoms with Gasteiger partial charge in [-0.1, -0.05) is 18.2 Å². The van der Waals surface area contributed by atoms with Gasteiger partial charge in [-0.05, 0) is 18.6 Å². The van der Waals surface area contributed by atoms with Gasteiger partial charge in [-0.25, -0.2) is 13.2 Å². The van der Waals surface area contributed by atoms with Crippen molar-refractivity contribution in [2.45, 2.75) is 11.3 Å². The van der Waals surface area contributed by atoms with Crippen molar-refractivity contribution in [3.8, 4) is 0 Å². The molecule has 0 aromatic heterocycles. The number of sulfone groups is 1. The number of amides is 2. The topological polar surface area (TPSA) is 84.5 Å². The number of rotatable bonds is 8. The van der Waals surface area contributed by atoms with Gasteiger partial charge in [-0.2, -0.15) is 0 Å². The Morgan fingerprint density at radius 2 is 1.80 bits per heavy atom. The lowest BCUT2D eigenvalue weighted by Crippen LogP contribution is -2.38. The van der Waals surface area contributed by atoms with E-state index in [1.54, 1.807) is 37.4 Å². The summed E-state index contributed by atoms with van der Waals surface area (Å²) in [6.45, 7) is 1.14. The zero-order valence-electron chi connectivity index (χ0n) is 11.5. The van der Waals surface area contributed by atoms with Crippen LogP contribution in [0.3, 0.4) is 0 Å². The minimum Gasteiger partial charge on any atom is -0.385 e. The largest absolute Gasteiger partial charge is 0.385 e. The average Bonchev–Trinajstić information content (AvgIpc) is 2.44. The molecule has 0 radical (unpaired) electrons. The van der Waals surface area contributed by atoms with Gasteiger partial charge in [0.25, 0.3) is 0 Å². The highest BCUT2D eigenvalue weighted by Gasteiger charge is 2.13. The van der Waals surface area contributed by atoms with E-state index in [1.807, 2.05) is 0 Å². The number of hydrogen-bond donors (Lipinski definition) is 2. The summed E-state index contributed by atoms with van der Waals surface area (Å²) >= 11 is 0. The van der Waals surface area contributed by atoms with Crippen molar-refractivity contribution in [3.63, 3.8) is 0 Å². The fourth-order valence-electron chi connectivity index (χ4n) is 1.53. The summed E-state index contributed by atoms with van der Waals surface area (Å²) in [6.07, 6.45) is 0.715. The molecule has 112 valence electrons. The van der Waals surface area contributed by atoms with E-state index < -0.39 is 9.84 Å². The molecule has 0 bridgehead atoms. The van der Waals surface area contributed by atoms with Crippen LogP contribution in [0.2, 0.25) is 0 Å². The first-order chi connectivity index (χ1) is 9.56. The maximum absolute atomic E-state index is 11.9. The van der Waals surface area contributed by atoms with E-state index in [2.05, 4.69) is 10.6 Å². The van der Waals surface area contributed by atoms with Crippen molar-refractivity contribution in [2.75, 3.05) is 32.6 Å². The normalized spacial score (nSPS) is 11.1. The zero-order chi connectivity index (χ0) is 14.8. The lowest BCUT2D eigenvalue weighted by Gasteiger charge is -2.08. The van der Waals surface area contributed by atoms with Gasteiger partial charge < -0.3 is 15.4 Å². The minimum atomic E-state index is -3.35. The summed E-state index contributed by atoms with van der Waals surface area (Å²) in [5.41, 5.74) is 0. The predicted molar refractivity (Wildman–Crippen MR) is 76.4 cm³/mol. The Bertz CT molecular complexity index is 502. The van der Waals surface area contributed by atoms with Crippen molar-refractivity contribution in [1.29, 1.82) is 0 Å². The number of ether oxygens (including phenoxy) is 1. The van der Waals surface area contributed by atoms with E-state index in [1.165, 1.54) is 0 Å². The monoisotopic (exact) mass is 300 g/mol. The summed E-state index contributed by atoms with van der Waals surface area (Å²) in [7, 11) is -1.76. The Kier molecular flexibility index (Phi) is 7.03. The number of nitrogens with one attached hydrogen (secondary N) is 2. The van der Waals surface area contributed by atoms with Crippen molar-refractivity contribution < 1.29 is 17.9 Å². The molecule has 7 heteroatoms. The second kappa shape index (κ2) is 8.55. The maximum Gasteiger partial charge on any atom is 0.314 e. The molecule has 0 saturated heterocycles. The third kappa shape index (κ3) is 6.03. The van der Waals surface area contributed by atoms with Crippen LogP contribution in [-0.2, 0) is 14.6 Å². The van der Waals surface area contributed by atoms with Gasteiger partial charge in [0, 0.05) is 26.8 Å². The fraction of sp³-hybridized carbons (Fsp3) is 0.462. The third-order valence-electron chi connectivity index (χ3n) is 2.57. The molecule has 0 aliphatic heterocycles. The average molecular weight is 300 g/mol. The highest BCUT2D eigenvalue weighted by Crippen LogP contribution is 2.08. The van der Waals surface area contributed by atoms with Gasteiger partial charge in [0.1, 0.15) is 0 Å². The molecule has 0 heterocycles. The quantitative estimate of drug-likeness (QED) is 0.695. The summed E-state index contributed by atoms with van der Waals surface area (Å²) in [4.78, 5) is 11.6. The van der Waals surface area contributed by atoms with Gasteiger partial charge in [-0.3, -0.25) is 0 Å². The molecule has 0 aliphatic carbocycles. The maximum atomic E-state index is 11.9. The van der Waals surface area contributed by atoms with E-state index in [0.717, 1.165) is 0 Å². The molecule has 1 rings (SSSR count). The smallest absolute Gasteiger partial charge is 0.314 e. The summed E-state index contributed by atoms with van der Waals surface area (Å²) in [5.74, 6) is -0.123. The molecule has 2 amide bonds. The molecule has 0 fully saturated rings. The van der Waals surface area contributed by atoms with Crippen LogP contribution < -0.4 is 10.6 Å². The SMILES string of the molecule is COCCCNC(=O)NCCS(=O)(=O)c1ccccc1. The second-order valence-corrected chi connectivity index (χ2v) is 6.27. The molecule has 0 atom stereocenters. The van der Waals surface area contributed by atoms with Crippen LogP contribution in [0.1, 0.15) is 6.42 Å². The Morgan fingerprint density at radius 1 is 1.15 bits per heavy atom. The first-order valence-corrected chi connectivity index (χ1v) is 8.00. The molecule has 1 aromatic rings. The number of hydrogen-bond acceptors (Lipinski definition) is 4. The number of carbonyl (C=O) groups excluding carboxylic acids is 1. The predicted octanol–water partition coefficient (Wildman–Crippen LogP) is 0.796. The highest BCUT2D eigenvalue weighted by atomic mass is 32.2. The van der Waals surface area contributed by atoms with E-state index in [4.69, 9.17) is 4.74 Å². The van der Waals surface area contributed by atoms with Gasteiger partial charge >= 0.3 is 6.03 Å². The van der Waals surface area contributed by atoms with Gasteiger partial charge in [-0.15, -0.1) is 0 Å². The Balaban J connectivity index is 2.28. The van der Waals surface area contributed by atoms with Crippen LogP contribution in [0, 0.1) is 0 Å². The molecule has 20 heavy (non-hydrogen) atoms. The number of benzene rings is 1. The Hall–Kier alpha value is -1.60. The van der Waals surface area contributed by atoms with Crippen LogP contribution in [-0.4, -0.2) is 47.0 Å². The summed E-state index contributed by atoms with van der Waals surface area (Å²) in [5, 5.41) is 5.13. The van der Waals surface area contributed by atoms with Gasteiger partial charge in [0.2, 0.25) is 0 Å². The van der Waals surface area contributed by atoms with Crippen LogP contribution in [0.15, 0.2) is 35.2 Å². The molecular weight excluding hydrogens is 280 g/mol. The van der Waals surface area contributed by atoms with Crippen molar-refractivity contribution in [1.82, 2.24) is 10.6 Å². The zero-order valence-corrected chi connectivity index (χ0v) is 12.3. The van der Waals surface area contributed by atoms with E-state index in [0.29, 0.717) is 19.6 Å². The van der Waals surface area contributed by atoms with Gasteiger partial charge in [0.05, 0.1) is 10.6 Å². The van der Waals surface area contributed by atoms with Gasteiger partial charge in [0.15, 0.2) is 9.84 Å². The van der Waals surface area contributed by atoms with Crippen molar-refractivity contribution in [2.24, 2.45) is 0 Å². The Morgan fingerprint density at radius 3 is 2.45 bits per heavy atom. The lowest BCUT2D eigenvalue weighted by atomic mass is 10.4. The van der Waals surface area contributed by atoms with E-state index >= 15 is 0 Å². The fourth-order valence-corrected chi connectivity index (χ4v) is 2.70. The third-order valence-corrected chi connectivity index (χ3v) is 4.30. The molecule has 6 nitrogen and oxygen atoms in total. The Labute approximate surface area is 119 Å². The molecule has 0 unspecified atom stereocenters. The molecule has 0 saturated carbocycles. The van der Waals surface area contributed by atoms with E-state index in [9.17, 15) is 13.2 Å². The molecule has 1 aromatic carbocycles. The standard InChI is InChI=1S/C13H20N2O4S/c1-19-10-5-8-14-13(16)15-9-11-20(17,18)12-6-3-2-4-7-12/h2-4,6-7H,5,8-11H2,1H3,(H2,14,15,16). The van der Waals surface area contributed by atoms with E-state index in [-0.39, 0.29) is 23.2 Å². The summed E-state index contributed by atoms with van der Waals surface area (Å²) in [6, 6.07) is 7.81. The summed E-state index contributed by atoms with van der Waals surface area (Å²) < 4.78 is 28.7. The van der Waals surface area contributed by atoms with Crippen LogP contribution >= 0.6 is 0 Å². The molecule has 2 N–H and O–H groups in total. The minimum absolute atomic E-state index is 0.0767. The van der Waals surface area contributed by atoms with Crippen molar-refractivity contribution in [3.05, 3.63) is 30.3 Å². The number of methoxy groups -OCH3 is 1. The highest BCUT2D eigenvalue weighted by molar-refractivity contribution is 7.91. The van der Waals surface area contributed by atoms with Crippen LogP contribution in [0.5, 0.6) is 0 Å². The van der Waals surface area contributed by atoms with Crippen LogP contribution in [0.25, 0.3) is 0 Å². The second-order valence-electron chi connectivity index (χ2n) is 4.16. The molecule has 0 spiro atoms.